The molecule has 0 unspecified atom stereocenters. The number of hydrogen-bond donors (Lipinski definition) is 1. The molecule has 0 spiro atoms. The van der Waals surface area contributed by atoms with Crippen LogP contribution < -0.4 is 10.3 Å². The van der Waals surface area contributed by atoms with Crippen LogP contribution in [0.1, 0.15) is 18.4 Å². The maximum Gasteiger partial charge on any atom is 0.0608 e. The average molecular weight is 261 g/mol. The van der Waals surface area contributed by atoms with Crippen molar-refractivity contribution in [2.75, 3.05) is 44.3 Å². The molecule has 1 aromatic rings. The van der Waals surface area contributed by atoms with Crippen molar-refractivity contribution in [3.8, 4) is 0 Å². The monoisotopic (exact) mass is 261 g/mol. The first kappa shape index (κ1) is 12.9. The van der Waals surface area contributed by atoms with Gasteiger partial charge in [-0.2, -0.15) is 0 Å². The third kappa shape index (κ3) is 3.47. The molecule has 104 valence electrons. The summed E-state index contributed by atoms with van der Waals surface area (Å²) in [5.74, 6) is 0. The van der Waals surface area contributed by atoms with Gasteiger partial charge in [0, 0.05) is 38.4 Å². The van der Waals surface area contributed by atoms with Crippen LogP contribution in [0.25, 0.3) is 0 Å². The Morgan fingerprint density at radius 2 is 1.63 bits per heavy atom. The van der Waals surface area contributed by atoms with Gasteiger partial charge in [-0.25, -0.2) is 5.01 Å². The van der Waals surface area contributed by atoms with E-state index in [1.165, 1.54) is 37.2 Å². The van der Waals surface area contributed by atoms with Crippen molar-refractivity contribution in [1.82, 2.24) is 10.4 Å². The molecule has 0 amide bonds. The summed E-state index contributed by atoms with van der Waals surface area (Å²) in [6.07, 6.45) is 2.67. The summed E-state index contributed by atoms with van der Waals surface area (Å²) in [6.45, 7) is 6.95. The zero-order valence-corrected chi connectivity index (χ0v) is 11.5. The molecule has 0 aromatic heterocycles. The van der Waals surface area contributed by atoms with Crippen molar-refractivity contribution in [2.24, 2.45) is 0 Å². The SMILES string of the molecule is c1cc(N2CCCC2)ccc1CNN1CCOCC1. The normalized spacial score (nSPS) is 20.9. The Hall–Kier alpha value is -1.10. The molecular formula is C15H23N3O. The van der Waals surface area contributed by atoms with Crippen LogP contribution in [-0.4, -0.2) is 44.4 Å². The summed E-state index contributed by atoms with van der Waals surface area (Å²) in [5, 5.41) is 2.25. The number of hydrazine groups is 1. The maximum atomic E-state index is 5.34. The molecule has 3 rings (SSSR count). The smallest absolute Gasteiger partial charge is 0.0608 e. The minimum atomic E-state index is 0.834. The highest BCUT2D eigenvalue weighted by Gasteiger charge is 2.12. The minimum Gasteiger partial charge on any atom is -0.379 e. The van der Waals surface area contributed by atoms with Gasteiger partial charge in [0.15, 0.2) is 0 Å². The van der Waals surface area contributed by atoms with Crippen molar-refractivity contribution < 1.29 is 4.74 Å². The number of morpholine rings is 1. The maximum absolute atomic E-state index is 5.34. The van der Waals surface area contributed by atoms with Crippen LogP contribution in [0.2, 0.25) is 0 Å². The second-order valence-corrected chi connectivity index (χ2v) is 5.29. The fourth-order valence-electron chi connectivity index (χ4n) is 2.72. The Morgan fingerprint density at radius 3 is 2.32 bits per heavy atom. The highest BCUT2D eigenvalue weighted by molar-refractivity contribution is 5.48. The Morgan fingerprint density at radius 1 is 0.947 bits per heavy atom. The second-order valence-electron chi connectivity index (χ2n) is 5.29. The van der Waals surface area contributed by atoms with E-state index in [1.807, 2.05) is 0 Å². The Kier molecular flexibility index (Phi) is 4.33. The van der Waals surface area contributed by atoms with Crippen LogP contribution in [0.15, 0.2) is 24.3 Å². The van der Waals surface area contributed by atoms with Crippen LogP contribution in [0.4, 0.5) is 5.69 Å². The van der Waals surface area contributed by atoms with Crippen molar-refractivity contribution in [3.05, 3.63) is 29.8 Å². The molecule has 0 aliphatic carbocycles. The lowest BCUT2D eigenvalue weighted by molar-refractivity contribution is 0.0106. The molecule has 0 bridgehead atoms. The standard InChI is InChI=1S/C15H23N3O/c1-2-8-17(7-1)15-5-3-14(4-6-15)13-16-18-9-11-19-12-10-18/h3-6,16H,1-2,7-13H2. The third-order valence-corrected chi connectivity index (χ3v) is 3.93. The molecule has 4 nitrogen and oxygen atoms in total. The van der Waals surface area contributed by atoms with E-state index in [0.29, 0.717) is 0 Å². The van der Waals surface area contributed by atoms with E-state index < -0.39 is 0 Å². The highest BCUT2D eigenvalue weighted by atomic mass is 16.5. The van der Waals surface area contributed by atoms with E-state index in [2.05, 4.69) is 39.6 Å². The van der Waals surface area contributed by atoms with Crippen LogP contribution in [0.5, 0.6) is 0 Å². The number of anilines is 1. The predicted octanol–water partition coefficient (Wildman–Crippen LogP) is 1.62. The molecule has 1 aromatic carbocycles. The molecular weight excluding hydrogens is 238 g/mol. The summed E-state index contributed by atoms with van der Waals surface area (Å²) in [7, 11) is 0. The van der Waals surface area contributed by atoms with Crippen molar-refractivity contribution in [1.29, 1.82) is 0 Å². The average Bonchev–Trinajstić information content (AvgIpc) is 3.01. The topological polar surface area (TPSA) is 27.7 Å². The fraction of sp³-hybridized carbons (Fsp3) is 0.600. The summed E-state index contributed by atoms with van der Waals surface area (Å²) in [6, 6.07) is 8.98. The van der Waals surface area contributed by atoms with Crippen LogP contribution in [0, 0.1) is 0 Å². The Bertz CT molecular complexity index is 381. The number of ether oxygens (including phenoxy) is 1. The third-order valence-electron chi connectivity index (χ3n) is 3.93. The first-order valence-corrected chi connectivity index (χ1v) is 7.32. The van der Waals surface area contributed by atoms with Crippen molar-refractivity contribution >= 4 is 5.69 Å². The Balaban J connectivity index is 1.50. The quantitative estimate of drug-likeness (QED) is 0.891. The molecule has 2 aliphatic rings. The van der Waals surface area contributed by atoms with Crippen molar-refractivity contribution in [3.63, 3.8) is 0 Å². The number of hydrogen-bond acceptors (Lipinski definition) is 4. The highest BCUT2D eigenvalue weighted by Crippen LogP contribution is 2.20. The predicted molar refractivity (Wildman–Crippen MR) is 77.1 cm³/mol. The van der Waals surface area contributed by atoms with E-state index in [0.717, 1.165) is 32.8 Å². The molecule has 2 aliphatic heterocycles. The number of benzene rings is 1. The number of nitrogens with one attached hydrogen (secondary N) is 1. The molecule has 1 N–H and O–H groups in total. The molecule has 19 heavy (non-hydrogen) atoms. The minimum absolute atomic E-state index is 0.834. The van der Waals surface area contributed by atoms with Gasteiger partial charge in [0.2, 0.25) is 0 Å². The molecule has 0 radical (unpaired) electrons. The zero-order valence-electron chi connectivity index (χ0n) is 11.5. The lowest BCUT2D eigenvalue weighted by Gasteiger charge is -2.27. The van der Waals surface area contributed by atoms with Gasteiger partial charge in [-0.1, -0.05) is 12.1 Å². The zero-order chi connectivity index (χ0) is 12.9. The van der Waals surface area contributed by atoms with Crippen LogP contribution in [0.3, 0.4) is 0 Å². The molecule has 0 atom stereocenters. The summed E-state index contributed by atoms with van der Waals surface area (Å²) in [4.78, 5) is 2.47. The molecule has 2 heterocycles. The summed E-state index contributed by atoms with van der Waals surface area (Å²) < 4.78 is 5.34. The van der Waals surface area contributed by atoms with Gasteiger partial charge in [0.1, 0.15) is 0 Å². The van der Waals surface area contributed by atoms with Gasteiger partial charge in [-0.15, -0.1) is 0 Å². The van der Waals surface area contributed by atoms with Gasteiger partial charge in [0.25, 0.3) is 0 Å². The molecule has 2 fully saturated rings. The summed E-state index contributed by atoms with van der Waals surface area (Å²) in [5.41, 5.74) is 6.18. The van der Waals surface area contributed by atoms with E-state index in [-0.39, 0.29) is 0 Å². The van der Waals surface area contributed by atoms with Gasteiger partial charge >= 0.3 is 0 Å². The summed E-state index contributed by atoms with van der Waals surface area (Å²) >= 11 is 0. The molecule has 2 saturated heterocycles. The van der Waals surface area contributed by atoms with E-state index >= 15 is 0 Å². The van der Waals surface area contributed by atoms with E-state index in [9.17, 15) is 0 Å². The lowest BCUT2D eigenvalue weighted by Crippen LogP contribution is -2.45. The van der Waals surface area contributed by atoms with Gasteiger partial charge < -0.3 is 9.64 Å². The lowest BCUT2D eigenvalue weighted by atomic mass is 10.2. The molecule has 4 heteroatoms. The second kappa shape index (κ2) is 6.37. The fourth-order valence-corrected chi connectivity index (χ4v) is 2.72. The molecule has 0 saturated carbocycles. The van der Waals surface area contributed by atoms with E-state index in [4.69, 9.17) is 4.74 Å². The van der Waals surface area contributed by atoms with Gasteiger partial charge in [-0.05, 0) is 30.5 Å². The van der Waals surface area contributed by atoms with Crippen LogP contribution >= 0.6 is 0 Å². The largest absolute Gasteiger partial charge is 0.379 e. The Labute approximate surface area is 115 Å². The number of rotatable bonds is 4. The van der Waals surface area contributed by atoms with Crippen LogP contribution in [-0.2, 0) is 11.3 Å². The first-order valence-electron chi connectivity index (χ1n) is 7.32. The van der Waals surface area contributed by atoms with Gasteiger partial charge in [-0.3, -0.25) is 5.43 Å². The van der Waals surface area contributed by atoms with Crippen molar-refractivity contribution in [2.45, 2.75) is 19.4 Å². The number of nitrogens with zero attached hydrogens (tertiary/aromatic N) is 2. The van der Waals surface area contributed by atoms with Gasteiger partial charge in [0.05, 0.1) is 13.2 Å². The first-order chi connectivity index (χ1) is 9.42. The van der Waals surface area contributed by atoms with E-state index in [1.54, 1.807) is 0 Å².